The zero-order valence-corrected chi connectivity index (χ0v) is 11.0. The van der Waals surface area contributed by atoms with Gasteiger partial charge in [0.15, 0.2) is 0 Å². The van der Waals surface area contributed by atoms with Crippen LogP contribution < -0.4 is 5.11 Å². The molecule has 1 rings (SSSR count). The lowest BCUT2D eigenvalue weighted by atomic mass is 10.1. The second-order valence-electron chi connectivity index (χ2n) is 2.97. The van der Waals surface area contributed by atoms with Crippen molar-refractivity contribution in [3.63, 3.8) is 0 Å². The Hall–Kier alpha value is -0.950. The number of nitrogens with zero attached hydrogens (tertiary/aromatic N) is 1. The molecule has 0 spiro atoms. The number of benzene rings is 1. The van der Waals surface area contributed by atoms with Gasteiger partial charge in [0.2, 0.25) is 0 Å². The van der Waals surface area contributed by atoms with Crippen molar-refractivity contribution in [3.05, 3.63) is 39.9 Å². The lowest BCUT2D eigenvalue weighted by Gasteiger charge is -2.17. The summed E-state index contributed by atoms with van der Waals surface area (Å²) >= 11 is 6.12. The Bertz CT molecular complexity index is 406. The van der Waals surface area contributed by atoms with E-state index in [-0.39, 0.29) is 5.69 Å². The summed E-state index contributed by atoms with van der Waals surface area (Å²) in [7, 11) is 0. The minimum absolute atomic E-state index is 0.0389. The molecular formula is C9H6Br2NO4-. The van der Waals surface area contributed by atoms with Gasteiger partial charge < -0.3 is 9.90 Å². The number of aliphatic carboxylic acids is 1. The highest BCUT2D eigenvalue weighted by atomic mass is 79.9. The minimum Gasteiger partial charge on any atom is -0.549 e. The zero-order valence-electron chi connectivity index (χ0n) is 7.80. The van der Waals surface area contributed by atoms with E-state index in [1.807, 2.05) is 0 Å². The number of hydrogen-bond donors (Lipinski definition) is 0. The van der Waals surface area contributed by atoms with Crippen LogP contribution in [0.4, 0.5) is 5.69 Å². The number of nitro groups is 1. The third-order valence-corrected chi connectivity index (χ3v) is 4.57. The number of rotatable bonds is 4. The van der Waals surface area contributed by atoms with Crippen LogP contribution >= 0.6 is 31.9 Å². The first kappa shape index (κ1) is 13.1. The fraction of sp³-hybridized carbons (Fsp3) is 0.222. The van der Waals surface area contributed by atoms with Gasteiger partial charge in [0.1, 0.15) is 0 Å². The SMILES string of the molecule is O=C([O-])[C@@H](Br)[C@@H](Br)c1ccc([N+](=O)[O-])cc1. The summed E-state index contributed by atoms with van der Waals surface area (Å²) in [6, 6.07) is 5.63. The van der Waals surface area contributed by atoms with Gasteiger partial charge in [-0.3, -0.25) is 10.1 Å². The van der Waals surface area contributed by atoms with Crippen LogP contribution in [-0.4, -0.2) is 15.7 Å². The maximum Gasteiger partial charge on any atom is 0.269 e. The van der Waals surface area contributed by atoms with E-state index < -0.39 is 20.5 Å². The van der Waals surface area contributed by atoms with E-state index in [0.717, 1.165) is 0 Å². The van der Waals surface area contributed by atoms with Crippen molar-refractivity contribution >= 4 is 43.5 Å². The maximum atomic E-state index is 10.6. The molecule has 1 aromatic rings. The van der Waals surface area contributed by atoms with Gasteiger partial charge in [-0.05, 0) is 5.56 Å². The Balaban J connectivity index is 2.89. The monoisotopic (exact) mass is 350 g/mol. The van der Waals surface area contributed by atoms with Gasteiger partial charge in [-0.25, -0.2) is 0 Å². The number of carboxylic acids is 1. The lowest BCUT2D eigenvalue weighted by molar-refractivity contribution is -0.384. The predicted molar refractivity (Wildman–Crippen MR) is 62.5 cm³/mol. The molecule has 0 aliphatic carbocycles. The third kappa shape index (κ3) is 3.02. The first-order valence-electron chi connectivity index (χ1n) is 4.17. The van der Waals surface area contributed by atoms with Gasteiger partial charge in [0.25, 0.3) is 5.69 Å². The molecule has 2 atom stereocenters. The predicted octanol–water partition coefficient (Wildman–Crippen LogP) is 1.54. The van der Waals surface area contributed by atoms with Crippen LogP contribution in [0.1, 0.15) is 10.4 Å². The average molecular weight is 352 g/mol. The molecular weight excluding hydrogens is 346 g/mol. The Morgan fingerprint density at radius 1 is 1.25 bits per heavy atom. The molecule has 0 fully saturated rings. The summed E-state index contributed by atoms with van der Waals surface area (Å²) in [5, 5.41) is 21.0. The molecule has 7 heteroatoms. The van der Waals surface area contributed by atoms with Crippen LogP contribution in [0.3, 0.4) is 0 Å². The molecule has 0 unspecified atom stereocenters. The molecule has 86 valence electrons. The lowest BCUT2D eigenvalue weighted by Crippen LogP contribution is -2.34. The molecule has 0 aromatic heterocycles. The molecule has 16 heavy (non-hydrogen) atoms. The second kappa shape index (κ2) is 5.40. The normalized spacial score (nSPS) is 14.1. The number of halogens is 2. The molecule has 0 bridgehead atoms. The average Bonchev–Trinajstić information content (AvgIpc) is 2.27. The van der Waals surface area contributed by atoms with Crippen LogP contribution in [0.25, 0.3) is 0 Å². The van der Waals surface area contributed by atoms with Gasteiger partial charge in [0, 0.05) is 12.1 Å². The number of non-ortho nitro benzene ring substituents is 1. The molecule has 0 saturated carbocycles. The minimum atomic E-state index is -1.25. The summed E-state index contributed by atoms with van der Waals surface area (Å²) in [6.45, 7) is 0. The van der Waals surface area contributed by atoms with Crippen molar-refractivity contribution in [2.45, 2.75) is 9.65 Å². The van der Waals surface area contributed by atoms with E-state index in [2.05, 4.69) is 31.9 Å². The van der Waals surface area contributed by atoms with Crippen LogP contribution in [0, 0.1) is 10.1 Å². The van der Waals surface area contributed by atoms with Crippen LogP contribution in [0.15, 0.2) is 24.3 Å². The number of carbonyl (C=O) groups excluding carboxylic acids is 1. The Kier molecular flexibility index (Phi) is 4.43. The highest BCUT2D eigenvalue weighted by Gasteiger charge is 2.19. The van der Waals surface area contributed by atoms with E-state index in [1.165, 1.54) is 24.3 Å². The molecule has 5 nitrogen and oxygen atoms in total. The molecule has 0 saturated heterocycles. The Morgan fingerprint density at radius 3 is 2.12 bits per heavy atom. The largest absolute Gasteiger partial charge is 0.549 e. The first-order chi connectivity index (χ1) is 7.43. The Labute approximate surface area is 108 Å². The fourth-order valence-electron chi connectivity index (χ4n) is 1.07. The molecule has 1 aromatic carbocycles. The molecule has 0 aliphatic heterocycles. The van der Waals surface area contributed by atoms with Crippen molar-refractivity contribution in [1.29, 1.82) is 0 Å². The molecule has 0 amide bonds. The quantitative estimate of drug-likeness (QED) is 0.468. The van der Waals surface area contributed by atoms with Crippen LogP contribution in [0.2, 0.25) is 0 Å². The Morgan fingerprint density at radius 2 is 1.75 bits per heavy atom. The zero-order chi connectivity index (χ0) is 12.3. The molecule has 0 aliphatic rings. The van der Waals surface area contributed by atoms with Gasteiger partial charge >= 0.3 is 0 Å². The number of carboxylic acid groups (broad SMARTS) is 1. The molecule has 0 radical (unpaired) electrons. The van der Waals surface area contributed by atoms with Gasteiger partial charge in [-0.15, -0.1) is 0 Å². The third-order valence-electron chi connectivity index (χ3n) is 1.90. The van der Waals surface area contributed by atoms with Gasteiger partial charge in [-0.2, -0.15) is 0 Å². The molecule has 0 heterocycles. The molecule has 0 N–H and O–H groups in total. The first-order valence-corrected chi connectivity index (χ1v) is 6.00. The summed E-state index contributed by atoms with van der Waals surface area (Å²) in [5.41, 5.74) is 0.583. The van der Waals surface area contributed by atoms with Crippen LogP contribution in [-0.2, 0) is 4.79 Å². The standard InChI is InChI=1S/C9H7Br2NO4/c10-7(8(11)9(13)14)5-1-3-6(4-2-5)12(15)16/h1-4,7-8H,(H,13,14)/p-1/t7-,8-/m0/s1. The van der Waals surface area contributed by atoms with Crippen LogP contribution in [0.5, 0.6) is 0 Å². The number of alkyl halides is 2. The van der Waals surface area contributed by atoms with Crippen molar-refractivity contribution in [1.82, 2.24) is 0 Å². The summed E-state index contributed by atoms with van der Waals surface area (Å²) < 4.78 is 0. The highest BCUT2D eigenvalue weighted by Crippen LogP contribution is 2.31. The van der Waals surface area contributed by atoms with E-state index in [9.17, 15) is 20.0 Å². The topological polar surface area (TPSA) is 83.3 Å². The highest BCUT2D eigenvalue weighted by molar-refractivity contribution is 9.12. The van der Waals surface area contributed by atoms with E-state index in [0.29, 0.717) is 5.56 Å². The number of carbonyl (C=O) groups is 1. The number of hydrogen-bond acceptors (Lipinski definition) is 4. The summed E-state index contributed by atoms with van der Waals surface area (Å²) in [4.78, 5) is 19.1. The maximum absolute atomic E-state index is 10.6. The number of nitro benzene ring substituents is 1. The van der Waals surface area contributed by atoms with Crippen molar-refractivity contribution in [3.8, 4) is 0 Å². The van der Waals surface area contributed by atoms with E-state index >= 15 is 0 Å². The van der Waals surface area contributed by atoms with Crippen molar-refractivity contribution < 1.29 is 14.8 Å². The van der Waals surface area contributed by atoms with Gasteiger partial charge in [-0.1, -0.05) is 44.0 Å². The van der Waals surface area contributed by atoms with Crippen molar-refractivity contribution in [2.24, 2.45) is 0 Å². The fourth-order valence-corrected chi connectivity index (χ4v) is 1.89. The van der Waals surface area contributed by atoms with E-state index in [1.54, 1.807) is 0 Å². The van der Waals surface area contributed by atoms with Gasteiger partial charge in [0.05, 0.1) is 20.5 Å². The van der Waals surface area contributed by atoms with Crippen molar-refractivity contribution in [2.75, 3.05) is 0 Å². The second-order valence-corrected chi connectivity index (χ2v) is 4.94. The summed E-state index contributed by atoms with van der Waals surface area (Å²) in [5.74, 6) is -1.25. The smallest absolute Gasteiger partial charge is 0.269 e. The summed E-state index contributed by atoms with van der Waals surface area (Å²) in [6.07, 6.45) is 0. The van der Waals surface area contributed by atoms with E-state index in [4.69, 9.17) is 0 Å².